The molecule has 4 aromatic rings. The summed E-state index contributed by atoms with van der Waals surface area (Å²) in [6.45, 7) is 6.25. The molecule has 0 spiro atoms. The first-order valence-corrected chi connectivity index (χ1v) is 11.4. The van der Waals surface area contributed by atoms with Crippen LogP contribution in [0.5, 0.6) is 5.75 Å². The number of hydrogen-bond acceptors (Lipinski definition) is 7. The molecule has 0 aliphatic carbocycles. The normalized spacial score (nSPS) is 11.4. The van der Waals surface area contributed by atoms with Gasteiger partial charge in [-0.3, -0.25) is 4.79 Å². The van der Waals surface area contributed by atoms with Gasteiger partial charge in [-0.2, -0.15) is 5.10 Å². The van der Waals surface area contributed by atoms with Gasteiger partial charge < -0.3 is 14.5 Å². The second-order valence-electron chi connectivity index (χ2n) is 8.32. The van der Waals surface area contributed by atoms with E-state index in [0.29, 0.717) is 28.2 Å². The molecule has 2 aromatic heterocycles. The van der Waals surface area contributed by atoms with Gasteiger partial charge >= 0.3 is 0 Å². The van der Waals surface area contributed by atoms with Crippen molar-refractivity contribution < 1.29 is 13.9 Å². The maximum absolute atomic E-state index is 12.7. The number of thioether (sulfide) groups is 1. The molecule has 4 rings (SSSR count). The van der Waals surface area contributed by atoms with Crippen molar-refractivity contribution in [1.29, 1.82) is 0 Å². The van der Waals surface area contributed by atoms with E-state index in [0.717, 1.165) is 11.4 Å². The summed E-state index contributed by atoms with van der Waals surface area (Å²) in [6, 6.07) is 19.0. The summed E-state index contributed by atoms with van der Waals surface area (Å²) >= 11 is 1.17. The van der Waals surface area contributed by atoms with Crippen LogP contribution in [0.1, 0.15) is 26.5 Å². The minimum Gasteiger partial charge on any atom is -0.496 e. The van der Waals surface area contributed by atoms with E-state index in [9.17, 15) is 4.79 Å². The molecule has 0 aliphatic heterocycles. The van der Waals surface area contributed by atoms with Gasteiger partial charge in [-0.05, 0) is 24.3 Å². The second kappa shape index (κ2) is 9.50. The summed E-state index contributed by atoms with van der Waals surface area (Å²) in [5.41, 5.74) is 2.29. The highest BCUT2D eigenvalue weighted by Gasteiger charge is 2.22. The predicted molar refractivity (Wildman–Crippen MR) is 128 cm³/mol. The number of nitrogens with zero attached hydrogens (tertiary/aromatic N) is 4. The van der Waals surface area contributed by atoms with E-state index in [1.807, 2.05) is 60.7 Å². The highest BCUT2D eigenvalue weighted by Crippen LogP contribution is 2.31. The SMILES string of the molecule is COc1ccccc1-c1nnc(SCC(=O)Nc2cc(C(C)(C)C)nn2-c2ccccc2)o1. The average molecular weight is 464 g/mol. The van der Waals surface area contributed by atoms with Gasteiger partial charge in [-0.1, -0.05) is 62.9 Å². The number of benzene rings is 2. The van der Waals surface area contributed by atoms with Gasteiger partial charge in [0.05, 0.1) is 29.8 Å². The lowest BCUT2D eigenvalue weighted by Crippen LogP contribution is -2.17. The number of hydrogen-bond donors (Lipinski definition) is 1. The Kier molecular flexibility index (Phi) is 6.50. The quantitative estimate of drug-likeness (QED) is 0.387. The van der Waals surface area contributed by atoms with Crippen LogP contribution in [0.15, 0.2) is 70.3 Å². The van der Waals surface area contributed by atoms with Crippen molar-refractivity contribution in [3.8, 4) is 22.9 Å². The van der Waals surface area contributed by atoms with Gasteiger partial charge in [0, 0.05) is 11.5 Å². The van der Waals surface area contributed by atoms with Crippen LogP contribution in [0, 0.1) is 0 Å². The van der Waals surface area contributed by atoms with Crippen molar-refractivity contribution in [2.75, 3.05) is 18.2 Å². The van der Waals surface area contributed by atoms with Crippen LogP contribution in [0.4, 0.5) is 5.82 Å². The minimum absolute atomic E-state index is 0.110. The van der Waals surface area contributed by atoms with Gasteiger partial charge in [0.1, 0.15) is 11.6 Å². The third kappa shape index (κ3) is 5.25. The molecule has 2 heterocycles. The van der Waals surface area contributed by atoms with Crippen LogP contribution in [0.25, 0.3) is 17.1 Å². The number of nitrogens with one attached hydrogen (secondary N) is 1. The van der Waals surface area contributed by atoms with Gasteiger partial charge in [-0.25, -0.2) is 4.68 Å². The minimum atomic E-state index is -0.199. The number of anilines is 1. The zero-order chi connectivity index (χ0) is 23.4. The number of carbonyl (C=O) groups is 1. The average Bonchev–Trinajstić information content (AvgIpc) is 3.45. The number of methoxy groups -OCH3 is 1. The number of para-hydroxylation sites is 2. The number of ether oxygens (including phenoxy) is 1. The zero-order valence-electron chi connectivity index (χ0n) is 18.9. The molecule has 1 amide bonds. The van der Waals surface area contributed by atoms with Crippen LogP contribution >= 0.6 is 11.8 Å². The third-order valence-electron chi connectivity index (χ3n) is 4.82. The lowest BCUT2D eigenvalue weighted by atomic mass is 9.92. The van der Waals surface area contributed by atoms with E-state index in [2.05, 4.69) is 36.3 Å². The van der Waals surface area contributed by atoms with E-state index in [1.54, 1.807) is 11.8 Å². The molecule has 0 radical (unpaired) electrons. The zero-order valence-corrected chi connectivity index (χ0v) is 19.7. The Balaban J connectivity index is 1.47. The highest BCUT2D eigenvalue weighted by atomic mass is 32.2. The molecule has 9 heteroatoms. The maximum atomic E-state index is 12.7. The Morgan fingerprint density at radius 1 is 1.09 bits per heavy atom. The molecule has 2 aromatic carbocycles. The first-order valence-electron chi connectivity index (χ1n) is 10.4. The van der Waals surface area contributed by atoms with Crippen molar-refractivity contribution in [1.82, 2.24) is 20.0 Å². The van der Waals surface area contributed by atoms with Crippen LogP contribution in [-0.4, -0.2) is 38.7 Å². The van der Waals surface area contributed by atoms with Crippen LogP contribution in [0.2, 0.25) is 0 Å². The molecule has 0 unspecified atom stereocenters. The second-order valence-corrected chi connectivity index (χ2v) is 9.25. The van der Waals surface area contributed by atoms with Gasteiger partial charge in [0.2, 0.25) is 5.91 Å². The summed E-state index contributed by atoms with van der Waals surface area (Å²) in [7, 11) is 1.58. The summed E-state index contributed by atoms with van der Waals surface area (Å²) in [6.07, 6.45) is 0. The molecule has 0 saturated carbocycles. The Hall–Kier alpha value is -3.59. The fourth-order valence-electron chi connectivity index (χ4n) is 3.11. The van der Waals surface area contributed by atoms with Crippen molar-refractivity contribution in [2.45, 2.75) is 31.4 Å². The monoisotopic (exact) mass is 463 g/mol. The number of carbonyl (C=O) groups excluding carboxylic acids is 1. The van der Waals surface area contributed by atoms with Gasteiger partial charge in [-0.15, -0.1) is 10.2 Å². The van der Waals surface area contributed by atoms with Crippen LogP contribution < -0.4 is 10.1 Å². The van der Waals surface area contributed by atoms with Crippen molar-refractivity contribution in [3.05, 3.63) is 66.4 Å². The molecule has 0 bridgehead atoms. The standard InChI is InChI=1S/C24H25N5O3S/c1-24(2,3)19-14-20(29(28-19)16-10-6-5-7-11-16)25-21(30)15-33-23-27-26-22(32-23)17-12-8-9-13-18(17)31-4/h5-14H,15H2,1-4H3,(H,25,30). The molecule has 0 fully saturated rings. The largest absolute Gasteiger partial charge is 0.496 e. The fourth-order valence-corrected chi connectivity index (χ4v) is 3.67. The molecular weight excluding hydrogens is 438 g/mol. The fraction of sp³-hybridized carbons (Fsp3) is 0.250. The highest BCUT2D eigenvalue weighted by molar-refractivity contribution is 7.99. The van der Waals surface area contributed by atoms with Gasteiger partial charge in [0.25, 0.3) is 11.1 Å². The summed E-state index contributed by atoms with van der Waals surface area (Å²) in [5.74, 6) is 1.50. The maximum Gasteiger partial charge on any atom is 0.277 e. The lowest BCUT2D eigenvalue weighted by molar-refractivity contribution is -0.113. The number of aromatic nitrogens is 4. The van der Waals surface area contributed by atoms with Crippen LogP contribution in [-0.2, 0) is 10.2 Å². The molecule has 0 aliphatic rings. The third-order valence-corrected chi connectivity index (χ3v) is 5.64. The molecular formula is C24H25N5O3S. The molecule has 170 valence electrons. The number of rotatable bonds is 7. The van der Waals surface area contributed by atoms with Crippen molar-refractivity contribution in [2.24, 2.45) is 0 Å². The Labute approximate surface area is 196 Å². The molecule has 0 saturated heterocycles. The molecule has 8 nitrogen and oxygen atoms in total. The summed E-state index contributed by atoms with van der Waals surface area (Å²) in [4.78, 5) is 12.7. The summed E-state index contributed by atoms with van der Waals surface area (Å²) < 4.78 is 12.8. The molecule has 33 heavy (non-hydrogen) atoms. The van der Waals surface area contributed by atoms with Gasteiger partial charge in [0.15, 0.2) is 0 Å². The lowest BCUT2D eigenvalue weighted by Gasteiger charge is -2.14. The summed E-state index contributed by atoms with van der Waals surface area (Å²) in [5, 5.41) is 16.1. The van der Waals surface area contributed by atoms with Crippen molar-refractivity contribution in [3.63, 3.8) is 0 Å². The van der Waals surface area contributed by atoms with E-state index < -0.39 is 0 Å². The first-order chi connectivity index (χ1) is 15.8. The van der Waals surface area contributed by atoms with E-state index in [-0.39, 0.29) is 17.1 Å². The van der Waals surface area contributed by atoms with E-state index >= 15 is 0 Å². The Morgan fingerprint density at radius 3 is 2.55 bits per heavy atom. The van der Waals surface area contributed by atoms with E-state index in [1.165, 1.54) is 11.8 Å². The van der Waals surface area contributed by atoms with Crippen molar-refractivity contribution >= 4 is 23.5 Å². The predicted octanol–water partition coefficient (Wildman–Crippen LogP) is 4.96. The first kappa shape index (κ1) is 22.6. The number of amides is 1. The molecule has 1 N–H and O–H groups in total. The van der Waals surface area contributed by atoms with E-state index in [4.69, 9.17) is 14.3 Å². The Morgan fingerprint density at radius 2 is 1.82 bits per heavy atom. The molecule has 0 atom stereocenters. The topological polar surface area (TPSA) is 95.1 Å². The Bertz CT molecular complexity index is 1240. The smallest absolute Gasteiger partial charge is 0.277 e. The van der Waals surface area contributed by atoms with Crippen LogP contribution in [0.3, 0.4) is 0 Å².